The number of carbonyl (C=O) groups excluding carboxylic acids is 1. The lowest BCUT2D eigenvalue weighted by Crippen LogP contribution is -2.32. The lowest BCUT2D eigenvalue weighted by atomic mass is 9.98. The molecule has 0 bridgehead atoms. The Bertz CT molecular complexity index is 510. The van der Waals surface area contributed by atoms with Crippen molar-refractivity contribution in [3.8, 4) is 0 Å². The minimum Gasteiger partial charge on any atom is -0.339 e. The summed E-state index contributed by atoms with van der Waals surface area (Å²) in [5, 5.41) is 0. The lowest BCUT2D eigenvalue weighted by Gasteiger charge is -2.22. The summed E-state index contributed by atoms with van der Waals surface area (Å²) in [7, 11) is 0. The van der Waals surface area contributed by atoms with E-state index in [9.17, 15) is 31.1 Å². The molecule has 0 atom stereocenters. The van der Waals surface area contributed by atoms with Gasteiger partial charge in [0.2, 0.25) is 0 Å². The van der Waals surface area contributed by atoms with E-state index in [1.807, 2.05) is 0 Å². The molecule has 0 aromatic heterocycles. The molecule has 1 saturated heterocycles. The highest BCUT2D eigenvalue weighted by Crippen LogP contribution is 2.40. The van der Waals surface area contributed by atoms with Gasteiger partial charge >= 0.3 is 12.4 Å². The zero-order chi connectivity index (χ0) is 15.8. The summed E-state index contributed by atoms with van der Waals surface area (Å²) in [6.07, 6.45) is -8.90. The molecule has 0 aliphatic carbocycles. The van der Waals surface area contributed by atoms with Crippen molar-refractivity contribution in [1.82, 2.24) is 4.90 Å². The van der Waals surface area contributed by atoms with Crippen LogP contribution in [0.4, 0.5) is 26.3 Å². The van der Waals surface area contributed by atoms with Gasteiger partial charge in [-0.05, 0) is 25.0 Å². The molecule has 0 radical (unpaired) electrons. The van der Waals surface area contributed by atoms with Crippen LogP contribution < -0.4 is 0 Å². The monoisotopic (exact) mass is 311 g/mol. The van der Waals surface area contributed by atoms with Crippen LogP contribution in [0.25, 0.3) is 0 Å². The van der Waals surface area contributed by atoms with E-state index in [1.165, 1.54) is 0 Å². The minimum absolute atomic E-state index is 0.169. The van der Waals surface area contributed by atoms with Gasteiger partial charge in [-0.2, -0.15) is 26.3 Å². The molecule has 2 rings (SSSR count). The Morgan fingerprint density at radius 1 is 0.905 bits per heavy atom. The van der Waals surface area contributed by atoms with Crippen LogP contribution in [0.5, 0.6) is 0 Å². The second kappa shape index (κ2) is 5.23. The summed E-state index contributed by atoms with van der Waals surface area (Å²) in [5.41, 5.74) is -4.40. The van der Waals surface area contributed by atoms with Crippen molar-refractivity contribution in [2.24, 2.45) is 0 Å². The molecule has 0 unspecified atom stereocenters. The van der Waals surface area contributed by atoms with Gasteiger partial charge in [0.1, 0.15) is 0 Å². The number of halogens is 6. The number of amides is 1. The Balaban J connectivity index is 2.61. The molecule has 1 aromatic carbocycles. The van der Waals surface area contributed by atoms with Crippen molar-refractivity contribution in [3.05, 3.63) is 34.9 Å². The third-order valence-corrected chi connectivity index (χ3v) is 3.28. The van der Waals surface area contributed by atoms with E-state index in [4.69, 9.17) is 0 Å². The van der Waals surface area contributed by atoms with Crippen molar-refractivity contribution in [1.29, 1.82) is 0 Å². The molecule has 1 aliphatic rings. The molecule has 0 spiro atoms. The second-order valence-corrected chi connectivity index (χ2v) is 4.72. The zero-order valence-electron chi connectivity index (χ0n) is 10.7. The van der Waals surface area contributed by atoms with Crippen LogP contribution in [0.1, 0.15) is 34.3 Å². The predicted octanol–water partition coefficient (Wildman–Crippen LogP) is 3.96. The van der Waals surface area contributed by atoms with E-state index in [2.05, 4.69) is 0 Å². The topological polar surface area (TPSA) is 20.3 Å². The van der Waals surface area contributed by atoms with Crippen LogP contribution >= 0.6 is 0 Å². The largest absolute Gasteiger partial charge is 0.417 e. The van der Waals surface area contributed by atoms with Crippen molar-refractivity contribution in [3.63, 3.8) is 0 Å². The maximum Gasteiger partial charge on any atom is 0.417 e. The first-order valence-electron chi connectivity index (χ1n) is 6.19. The normalized spacial score (nSPS) is 16.4. The van der Waals surface area contributed by atoms with Crippen molar-refractivity contribution in [2.45, 2.75) is 25.2 Å². The summed E-state index contributed by atoms with van der Waals surface area (Å²) < 4.78 is 77.6. The summed E-state index contributed by atoms with van der Waals surface area (Å²) in [6, 6.07) is 1.66. The van der Waals surface area contributed by atoms with Crippen LogP contribution in [0.15, 0.2) is 18.2 Å². The second-order valence-electron chi connectivity index (χ2n) is 4.72. The molecular weight excluding hydrogens is 300 g/mol. The first-order valence-corrected chi connectivity index (χ1v) is 6.19. The maximum atomic E-state index is 12.9. The summed E-state index contributed by atoms with van der Waals surface area (Å²) in [5.74, 6) is -1.22. The third kappa shape index (κ3) is 3.14. The zero-order valence-corrected chi connectivity index (χ0v) is 10.7. The lowest BCUT2D eigenvalue weighted by molar-refractivity contribution is -0.143. The summed E-state index contributed by atoms with van der Waals surface area (Å²) in [4.78, 5) is 13.1. The molecule has 1 amide bonds. The Morgan fingerprint density at radius 3 is 1.71 bits per heavy atom. The molecule has 1 aliphatic heterocycles. The predicted molar refractivity (Wildman–Crippen MR) is 61.6 cm³/mol. The van der Waals surface area contributed by atoms with Crippen LogP contribution in [-0.4, -0.2) is 23.9 Å². The number of benzene rings is 1. The molecule has 2 nitrogen and oxygen atoms in total. The Hall–Kier alpha value is -1.73. The molecule has 1 fully saturated rings. The number of likely N-dealkylation sites (tertiary alicyclic amines) is 1. The van der Waals surface area contributed by atoms with Crippen LogP contribution in [0.3, 0.4) is 0 Å². The Morgan fingerprint density at radius 2 is 1.33 bits per heavy atom. The van der Waals surface area contributed by atoms with Gasteiger partial charge in [-0.25, -0.2) is 0 Å². The molecule has 8 heteroatoms. The van der Waals surface area contributed by atoms with E-state index >= 15 is 0 Å². The van der Waals surface area contributed by atoms with Gasteiger partial charge < -0.3 is 4.90 Å². The fourth-order valence-corrected chi connectivity index (χ4v) is 2.33. The number of rotatable bonds is 1. The number of alkyl halides is 6. The highest BCUT2D eigenvalue weighted by molar-refractivity contribution is 5.97. The summed E-state index contributed by atoms with van der Waals surface area (Å²) in [6.45, 7) is 0.338. The van der Waals surface area contributed by atoms with Gasteiger partial charge in [0.05, 0.1) is 16.7 Å². The van der Waals surface area contributed by atoms with Crippen molar-refractivity contribution >= 4 is 5.91 Å². The van der Waals surface area contributed by atoms with E-state index in [0.717, 1.165) is 4.90 Å². The van der Waals surface area contributed by atoms with Crippen LogP contribution in [-0.2, 0) is 12.4 Å². The molecule has 0 saturated carbocycles. The molecular formula is C13H11F6NO. The average Bonchev–Trinajstić information content (AvgIpc) is 2.88. The van der Waals surface area contributed by atoms with Crippen molar-refractivity contribution < 1.29 is 31.1 Å². The van der Waals surface area contributed by atoms with Gasteiger partial charge in [-0.1, -0.05) is 6.07 Å². The number of carbonyl (C=O) groups is 1. The SMILES string of the molecule is O=C(c1c(C(F)(F)F)cccc1C(F)(F)F)N1CCCC1. The fraction of sp³-hybridized carbons (Fsp3) is 0.462. The number of hydrogen-bond acceptors (Lipinski definition) is 1. The van der Waals surface area contributed by atoms with Gasteiger partial charge in [0.25, 0.3) is 5.91 Å². The Labute approximate surface area is 116 Å². The van der Waals surface area contributed by atoms with Gasteiger partial charge in [-0.3, -0.25) is 4.79 Å². The summed E-state index contributed by atoms with van der Waals surface area (Å²) >= 11 is 0. The molecule has 1 heterocycles. The fourth-order valence-electron chi connectivity index (χ4n) is 2.33. The van der Waals surface area contributed by atoms with E-state index in [0.29, 0.717) is 31.0 Å². The van der Waals surface area contributed by atoms with E-state index in [-0.39, 0.29) is 13.1 Å². The number of nitrogens with zero attached hydrogens (tertiary/aromatic N) is 1. The van der Waals surface area contributed by atoms with Gasteiger partial charge in [0.15, 0.2) is 0 Å². The smallest absolute Gasteiger partial charge is 0.339 e. The standard InChI is InChI=1S/C13H11F6NO/c14-12(15,16)8-4-3-5-9(13(17,18)19)10(8)11(21)20-6-1-2-7-20/h3-5H,1-2,6-7H2. The Kier molecular flexibility index (Phi) is 3.90. The molecule has 116 valence electrons. The van der Waals surface area contributed by atoms with Gasteiger partial charge in [0, 0.05) is 13.1 Å². The third-order valence-electron chi connectivity index (χ3n) is 3.28. The van der Waals surface area contributed by atoms with E-state index < -0.39 is 35.0 Å². The van der Waals surface area contributed by atoms with Crippen molar-refractivity contribution in [2.75, 3.05) is 13.1 Å². The first kappa shape index (κ1) is 15.7. The highest BCUT2D eigenvalue weighted by Gasteiger charge is 2.43. The molecule has 21 heavy (non-hydrogen) atoms. The number of hydrogen-bond donors (Lipinski definition) is 0. The minimum atomic E-state index is -5.02. The van der Waals surface area contributed by atoms with Crippen LogP contribution in [0.2, 0.25) is 0 Å². The maximum absolute atomic E-state index is 12.9. The van der Waals surface area contributed by atoms with E-state index in [1.54, 1.807) is 0 Å². The highest BCUT2D eigenvalue weighted by atomic mass is 19.4. The molecule has 1 aromatic rings. The molecule has 0 N–H and O–H groups in total. The van der Waals surface area contributed by atoms with Gasteiger partial charge in [-0.15, -0.1) is 0 Å². The first-order chi connectivity index (χ1) is 9.62. The quantitative estimate of drug-likeness (QED) is 0.719. The van der Waals surface area contributed by atoms with Crippen LogP contribution in [0, 0.1) is 0 Å². The average molecular weight is 311 g/mol.